The summed E-state index contributed by atoms with van der Waals surface area (Å²) >= 11 is 0. The Morgan fingerprint density at radius 1 is 0.407 bits per heavy atom. The largest absolute Gasteiger partial charge is 0.436 e. The highest BCUT2D eigenvalue weighted by Crippen LogP contribution is 2.51. The van der Waals surface area contributed by atoms with Gasteiger partial charge in [0.2, 0.25) is 11.8 Å². The Morgan fingerprint density at radius 2 is 0.831 bits per heavy atom. The number of nitrogens with zero attached hydrogens (tertiary/aromatic N) is 4. The minimum atomic E-state index is -0.242. The van der Waals surface area contributed by atoms with Crippen molar-refractivity contribution in [1.29, 1.82) is 0 Å². The lowest BCUT2D eigenvalue weighted by Crippen LogP contribution is -2.16. The summed E-state index contributed by atoms with van der Waals surface area (Å²) in [6, 6.07) is 60.3. The van der Waals surface area contributed by atoms with Gasteiger partial charge in [-0.3, -0.25) is 0 Å². The van der Waals surface area contributed by atoms with Crippen LogP contribution in [0.3, 0.4) is 0 Å². The van der Waals surface area contributed by atoms with E-state index in [0.29, 0.717) is 11.8 Å². The second kappa shape index (κ2) is 11.7. The van der Waals surface area contributed by atoms with Crippen LogP contribution in [0.15, 0.2) is 179 Å². The zero-order valence-electron chi connectivity index (χ0n) is 32.3. The average molecular weight is 759 g/mol. The molecule has 4 heterocycles. The van der Waals surface area contributed by atoms with Gasteiger partial charge in [0.15, 0.2) is 11.2 Å². The van der Waals surface area contributed by atoms with Gasteiger partial charge in [0, 0.05) is 49.5 Å². The Balaban J connectivity index is 0.922. The number of aromatic nitrogens is 4. The number of benzene rings is 8. The third-order valence-electron chi connectivity index (χ3n) is 12.6. The van der Waals surface area contributed by atoms with Crippen molar-refractivity contribution < 1.29 is 8.83 Å². The van der Waals surface area contributed by atoms with Crippen molar-refractivity contribution in [1.82, 2.24) is 19.1 Å². The topological polar surface area (TPSA) is 61.9 Å². The fourth-order valence-electron chi connectivity index (χ4n) is 9.75. The molecule has 59 heavy (non-hydrogen) atoms. The molecule has 13 rings (SSSR count). The van der Waals surface area contributed by atoms with E-state index in [4.69, 9.17) is 18.8 Å². The number of hydrogen-bond donors (Lipinski definition) is 0. The van der Waals surface area contributed by atoms with Crippen LogP contribution in [0.5, 0.6) is 0 Å². The van der Waals surface area contributed by atoms with Crippen LogP contribution >= 0.6 is 0 Å². The van der Waals surface area contributed by atoms with E-state index in [1.165, 1.54) is 54.8 Å². The maximum atomic E-state index is 6.19. The molecule has 0 N–H and O–H groups in total. The van der Waals surface area contributed by atoms with Crippen LogP contribution < -0.4 is 0 Å². The molecule has 12 aromatic rings. The first-order chi connectivity index (χ1) is 29.0. The number of fused-ring (bicyclic) bond motifs is 11. The van der Waals surface area contributed by atoms with Crippen molar-refractivity contribution in [3.8, 4) is 45.4 Å². The summed E-state index contributed by atoms with van der Waals surface area (Å²) in [5.41, 5.74) is 17.1. The Labute approximate surface area is 338 Å². The quantitative estimate of drug-likeness (QED) is 0.179. The van der Waals surface area contributed by atoms with E-state index in [1.54, 1.807) is 0 Å². The lowest BCUT2D eigenvalue weighted by atomic mass is 9.82. The number of hydrogen-bond acceptors (Lipinski definition) is 4. The summed E-state index contributed by atoms with van der Waals surface area (Å²) in [5, 5.41) is 4.72. The van der Waals surface area contributed by atoms with Crippen molar-refractivity contribution in [3.05, 3.63) is 181 Å². The molecule has 0 aliphatic heterocycles. The van der Waals surface area contributed by atoms with Crippen LogP contribution in [-0.2, 0) is 5.41 Å². The van der Waals surface area contributed by atoms with Gasteiger partial charge in [-0.05, 0) is 119 Å². The maximum absolute atomic E-state index is 6.19. The SMILES string of the molecule is CC1(C)c2cc(-n3c4ccccc4c4cc(-c5nc6ccccc6o5)ccc43)ccc2-c2ccc(-n3c4ccccc4c4cc(-c5nc6ccccc6o5)ccc43)cc21. The normalized spacial score (nSPS) is 13.4. The van der Waals surface area contributed by atoms with Gasteiger partial charge in [-0.15, -0.1) is 0 Å². The van der Waals surface area contributed by atoms with E-state index in [0.717, 1.165) is 55.7 Å². The fraction of sp³-hybridized carbons (Fsp3) is 0.0566. The molecule has 0 unspecified atom stereocenters. The molecule has 0 saturated carbocycles. The third kappa shape index (κ3) is 4.57. The van der Waals surface area contributed by atoms with E-state index >= 15 is 0 Å². The molecule has 1 aliphatic carbocycles. The van der Waals surface area contributed by atoms with Crippen LogP contribution in [0.4, 0.5) is 0 Å². The second-order valence-corrected chi connectivity index (χ2v) is 16.2. The van der Waals surface area contributed by atoms with Gasteiger partial charge in [0.05, 0.1) is 22.1 Å². The molecule has 0 fully saturated rings. The van der Waals surface area contributed by atoms with Gasteiger partial charge in [-0.1, -0.05) is 86.6 Å². The molecule has 0 spiro atoms. The summed E-state index contributed by atoms with van der Waals surface area (Å²) in [5.74, 6) is 1.26. The van der Waals surface area contributed by atoms with Crippen molar-refractivity contribution in [3.63, 3.8) is 0 Å². The van der Waals surface area contributed by atoms with Crippen LogP contribution in [0.25, 0.3) is 111 Å². The van der Waals surface area contributed by atoms with Crippen molar-refractivity contribution in [2.24, 2.45) is 0 Å². The average Bonchev–Trinajstić information content (AvgIpc) is 4.09. The highest BCUT2D eigenvalue weighted by atomic mass is 16.4. The smallest absolute Gasteiger partial charge is 0.227 e. The molecule has 8 aromatic carbocycles. The number of para-hydroxylation sites is 6. The zero-order valence-corrected chi connectivity index (χ0v) is 32.3. The zero-order chi connectivity index (χ0) is 39.0. The van der Waals surface area contributed by atoms with E-state index < -0.39 is 0 Å². The van der Waals surface area contributed by atoms with E-state index in [-0.39, 0.29) is 5.41 Å². The highest BCUT2D eigenvalue weighted by molar-refractivity contribution is 6.11. The Bertz CT molecular complexity index is 3420. The molecule has 0 saturated heterocycles. The molecule has 0 bridgehead atoms. The summed E-state index contributed by atoms with van der Waals surface area (Å²) in [6.45, 7) is 4.73. The summed E-state index contributed by atoms with van der Waals surface area (Å²) in [4.78, 5) is 9.61. The van der Waals surface area contributed by atoms with Crippen LogP contribution in [0.1, 0.15) is 25.0 Å². The van der Waals surface area contributed by atoms with Crippen LogP contribution in [-0.4, -0.2) is 19.1 Å². The number of oxazole rings is 2. The van der Waals surface area contributed by atoms with Crippen molar-refractivity contribution >= 4 is 65.8 Å². The predicted octanol–water partition coefficient (Wildman–Crippen LogP) is 13.8. The highest BCUT2D eigenvalue weighted by Gasteiger charge is 2.36. The molecule has 0 amide bonds. The first-order valence-corrected chi connectivity index (χ1v) is 20.1. The molecule has 4 aromatic heterocycles. The fourth-order valence-corrected chi connectivity index (χ4v) is 9.75. The molecule has 6 nitrogen and oxygen atoms in total. The van der Waals surface area contributed by atoms with E-state index in [9.17, 15) is 0 Å². The lowest BCUT2D eigenvalue weighted by Gasteiger charge is -2.23. The summed E-state index contributed by atoms with van der Waals surface area (Å²) in [7, 11) is 0. The molecule has 0 atom stereocenters. The van der Waals surface area contributed by atoms with Gasteiger partial charge in [-0.25, -0.2) is 9.97 Å². The van der Waals surface area contributed by atoms with Crippen molar-refractivity contribution in [2.45, 2.75) is 19.3 Å². The predicted molar refractivity (Wildman–Crippen MR) is 239 cm³/mol. The first kappa shape index (κ1) is 32.4. The van der Waals surface area contributed by atoms with Gasteiger partial charge in [0.25, 0.3) is 0 Å². The first-order valence-electron chi connectivity index (χ1n) is 20.1. The maximum Gasteiger partial charge on any atom is 0.227 e. The molecule has 1 aliphatic rings. The van der Waals surface area contributed by atoms with Gasteiger partial charge >= 0.3 is 0 Å². The van der Waals surface area contributed by atoms with Crippen molar-refractivity contribution in [2.75, 3.05) is 0 Å². The Kier molecular flexibility index (Phi) is 6.41. The van der Waals surface area contributed by atoms with E-state index in [1.807, 2.05) is 48.5 Å². The molecular weight excluding hydrogens is 725 g/mol. The summed E-state index contributed by atoms with van der Waals surface area (Å²) < 4.78 is 17.2. The standard InChI is InChI=1S/C53H34N4O2/c1-53(2)41-29-33(56-45-15-7-3-11-37(45)39-27-31(19-25-47(39)56)51-54-43-13-5-9-17-49(43)58-51)21-23-35(41)36-24-22-34(30-42(36)53)57-46-16-8-4-12-38(46)40-28-32(20-26-48(40)57)52-55-44-14-6-10-18-50(44)59-52/h3-30H,1-2H3. The van der Waals surface area contributed by atoms with Crippen LogP contribution in [0.2, 0.25) is 0 Å². The molecule has 278 valence electrons. The Hall–Kier alpha value is -7.70. The Morgan fingerprint density at radius 3 is 1.31 bits per heavy atom. The third-order valence-corrected chi connectivity index (χ3v) is 12.6. The van der Waals surface area contributed by atoms with Gasteiger partial charge in [0.1, 0.15) is 11.0 Å². The molecule has 6 heteroatoms. The molecular formula is C53H34N4O2. The monoisotopic (exact) mass is 758 g/mol. The summed E-state index contributed by atoms with van der Waals surface area (Å²) in [6.07, 6.45) is 0. The van der Waals surface area contributed by atoms with E-state index in [2.05, 4.69) is 144 Å². The minimum absolute atomic E-state index is 0.242. The number of rotatable bonds is 4. The lowest BCUT2D eigenvalue weighted by molar-refractivity contribution is 0.619. The van der Waals surface area contributed by atoms with Gasteiger partial charge < -0.3 is 18.0 Å². The minimum Gasteiger partial charge on any atom is -0.436 e. The van der Waals surface area contributed by atoms with Gasteiger partial charge in [-0.2, -0.15) is 0 Å². The van der Waals surface area contributed by atoms with Crippen LogP contribution in [0, 0.1) is 0 Å². The molecule has 0 radical (unpaired) electrons. The second-order valence-electron chi connectivity index (χ2n) is 16.2.